The van der Waals surface area contributed by atoms with Crippen molar-refractivity contribution in [1.29, 1.82) is 0 Å². The maximum absolute atomic E-state index is 10.6. The largest absolute Gasteiger partial charge is 0.469 e. The second kappa shape index (κ2) is 29.2. The molecule has 0 fully saturated rings. The Balaban J connectivity index is 0.000000858. The number of aromatic amines is 2. The molecule has 434 valence electrons. The van der Waals surface area contributed by atoms with E-state index in [1.54, 1.807) is 23.7 Å². The van der Waals surface area contributed by atoms with Crippen LogP contribution in [0.25, 0.3) is 0 Å². The summed E-state index contributed by atoms with van der Waals surface area (Å²) >= 11 is 4.14. The van der Waals surface area contributed by atoms with Gasteiger partial charge in [-0.05, 0) is 33.9 Å². The second-order valence-electron chi connectivity index (χ2n) is 25.6. The second-order valence-corrected chi connectivity index (χ2v) is 28.2. The first kappa shape index (κ1) is 71.1. The van der Waals surface area contributed by atoms with Crippen LogP contribution in [0.4, 0.5) is 0 Å². The maximum atomic E-state index is 10.6. The molecule has 0 atom stereocenters. The van der Waals surface area contributed by atoms with E-state index in [2.05, 4.69) is 197 Å². The third kappa shape index (κ3) is 29.4. The number of methoxy groups -OCH3 is 1. The Bertz CT molecular complexity index is 2370. The lowest BCUT2D eigenvalue weighted by molar-refractivity contribution is -0.149. The number of aromatic nitrogens is 5. The van der Waals surface area contributed by atoms with Crippen LogP contribution in [0.1, 0.15) is 178 Å². The van der Waals surface area contributed by atoms with Gasteiger partial charge in [0.2, 0.25) is 23.6 Å². The number of hydrazone groups is 2. The van der Waals surface area contributed by atoms with Gasteiger partial charge >= 0.3 is 10.8 Å². The number of hydrogen-bond acceptors (Lipinski definition) is 22. The lowest BCUT2D eigenvalue weighted by atomic mass is 9.95. The Hall–Kier alpha value is -5.88. The molecular weight excluding hydrogens is 1040 g/mol. The Labute approximate surface area is 472 Å². The van der Waals surface area contributed by atoms with Gasteiger partial charge in [0.15, 0.2) is 5.82 Å². The lowest BCUT2D eigenvalue weighted by Gasteiger charge is -2.16. The number of carbonyl (C=O) groups excluding carboxylic acids is 1. The van der Waals surface area contributed by atoms with Crippen LogP contribution in [-0.2, 0) is 34.8 Å². The molecule has 7 rings (SSSR count). The van der Waals surface area contributed by atoms with Crippen LogP contribution in [-0.4, -0.2) is 65.3 Å². The fourth-order valence-corrected chi connectivity index (χ4v) is 6.49. The smallest absolute Gasteiger partial charge is 0.323 e. The average Bonchev–Trinajstić information content (AvgIpc) is 4.10. The molecule has 0 aromatic carbocycles. The minimum atomic E-state index is -0.352. The van der Waals surface area contributed by atoms with Crippen LogP contribution >= 0.6 is 35.2 Å². The predicted octanol–water partition coefficient (Wildman–Crippen LogP) is 12.1. The van der Waals surface area contributed by atoms with Crippen molar-refractivity contribution in [2.75, 3.05) is 7.11 Å². The molecule has 7 N–H and O–H groups in total. The molecule has 0 radical (unpaired) electrons. The summed E-state index contributed by atoms with van der Waals surface area (Å²) in [4.78, 5) is 50.1. The molecule has 0 saturated heterocycles. The number of nitrogens with zero attached hydrogens (tertiary/aromatic N) is 8. The Morgan fingerprint density at radius 1 is 0.597 bits per heavy atom. The van der Waals surface area contributed by atoms with Crippen molar-refractivity contribution in [3.63, 3.8) is 0 Å². The summed E-state index contributed by atoms with van der Waals surface area (Å²) in [5, 5.41) is 17.8. The number of rotatable bonds is 0. The highest BCUT2D eigenvalue weighted by Crippen LogP contribution is 2.31. The zero-order chi connectivity index (χ0) is 60.3. The number of hydroxylamine groups is 2. The molecule has 7 heterocycles. The number of amidine groups is 1. The number of nitrogens with one attached hydrogen (secondary N) is 7. The van der Waals surface area contributed by atoms with Gasteiger partial charge < -0.3 is 23.9 Å². The monoisotopic (exact) mass is 1130 g/mol. The molecule has 24 heteroatoms. The zero-order valence-corrected chi connectivity index (χ0v) is 53.3. The Morgan fingerprint density at radius 2 is 1.14 bits per heavy atom. The van der Waals surface area contributed by atoms with Crippen LogP contribution in [0.5, 0.6) is 0 Å². The molecule has 0 unspecified atom stereocenters. The van der Waals surface area contributed by atoms with Gasteiger partial charge in [-0.2, -0.15) is 24.6 Å². The van der Waals surface area contributed by atoms with E-state index in [0.717, 1.165) is 50.0 Å². The highest BCUT2D eigenvalue weighted by molar-refractivity contribution is 8.17. The van der Waals surface area contributed by atoms with E-state index in [1.165, 1.54) is 13.4 Å². The Morgan fingerprint density at radius 3 is 1.32 bits per heavy atom. The van der Waals surface area contributed by atoms with Crippen LogP contribution in [0.2, 0.25) is 0 Å². The summed E-state index contributed by atoms with van der Waals surface area (Å²) in [7, 11) is 1.40. The van der Waals surface area contributed by atoms with Gasteiger partial charge in [0, 0.05) is 61.4 Å². The summed E-state index contributed by atoms with van der Waals surface area (Å²) in [5.41, 5.74) is 10.7. The molecule has 2 aromatic rings. The van der Waals surface area contributed by atoms with Crippen LogP contribution in [0.3, 0.4) is 0 Å². The van der Waals surface area contributed by atoms with E-state index in [-0.39, 0.29) is 54.2 Å². The normalized spacial score (nSPS) is 15.9. The van der Waals surface area contributed by atoms with E-state index >= 15 is 0 Å². The number of hydrogen-bond donors (Lipinski definition) is 7. The van der Waals surface area contributed by atoms with Gasteiger partial charge in [-0.25, -0.2) is 26.4 Å². The van der Waals surface area contributed by atoms with Gasteiger partial charge in [-0.3, -0.25) is 25.1 Å². The van der Waals surface area contributed by atoms with Crippen molar-refractivity contribution in [3.8, 4) is 0 Å². The number of ether oxygens (including phenoxy) is 2. The molecule has 0 aliphatic carbocycles. The van der Waals surface area contributed by atoms with E-state index in [1.807, 2.05) is 83.1 Å². The van der Waals surface area contributed by atoms with E-state index in [0.29, 0.717) is 29.4 Å². The van der Waals surface area contributed by atoms with Gasteiger partial charge in [-0.15, -0.1) is 5.10 Å². The SMILES string of the molecule is C=C1N=C(C(C)(C)C)NO1.C=C1N=C(C(C)(C)C)ON1.C=C1N=C(C(C)(C)C)SN1.C=C1NN=C(C(C)(C)C)O1.C=C1NN=C(C(C)(C)C)S1.CC(C)(C)c1ncn[nH]1.CC(C)(C)c1nsc(=O)[nH]1.COC(=O)C(C)(C)C. The molecule has 0 amide bonds. The maximum Gasteiger partial charge on any atom is 0.323 e. The molecule has 0 spiro atoms. The molecule has 0 saturated carbocycles. The third-order valence-electron chi connectivity index (χ3n) is 8.86. The summed E-state index contributed by atoms with van der Waals surface area (Å²) < 4.78 is 16.6. The summed E-state index contributed by atoms with van der Waals surface area (Å²) in [5.74, 6) is 6.02. The molecular formula is C53H93N15O6S3. The average molecular weight is 1130 g/mol. The van der Waals surface area contributed by atoms with Crippen molar-refractivity contribution in [2.45, 2.75) is 177 Å². The van der Waals surface area contributed by atoms with Crippen molar-refractivity contribution in [1.82, 2.24) is 51.1 Å². The molecule has 5 aliphatic heterocycles. The number of carbonyl (C=O) groups is 1. The molecule has 0 bridgehead atoms. The van der Waals surface area contributed by atoms with E-state index in [4.69, 9.17) is 14.4 Å². The fourth-order valence-electron chi connectivity index (χ4n) is 4.41. The highest BCUT2D eigenvalue weighted by Gasteiger charge is 2.28. The minimum Gasteiger partial charge on any atom is -0.469 e. The van der Waals surface area contributed by atoms with Crippen molar-refractivity contribution < 1.29 is 23.9 Å². The minimum absolute atomic E-state index is 0.0133. The molecule has 21 nitrogen and oxygen atoms in total. The number of esters is 1. The van der Waals surface area contributed by atoms with Gasteiger partial charge in [-0.1, -0.05) is 177 Å². The van der Waals surface area contributed by atoms with E-state index < -0.39 is 0 Å². The number of aliphatic imine (C=N–C) groups is 3. The predicted molar refractivity (Wildman–Crippen MR) is 322 cm³/mol. The number of thioether (sulfide) groups is 1. The summed E-state index contributed by atoms with van der Waals surface area (Å²) in [6.07, 6.45) is 1.53. The van der Waals surface area contributed by atoms with E-state index in [9.17, 15) is 9.59 Å². The molecule has 2 aromatic heterocycles. The third-order valence-corrected chi connectivity index (χ3v) is 11.9. The van der Waals surface area contributed by atoms with Gasteiger partial charge in [0.05, 0.1) is 17.6 Å². The first-order valence-electron chi connectivity index (χ1n) is 24.6. The van der Waals surface area contributed by atoms with Crippen molar-refractivity contribution >= 4 is 68.9 Å². The first-order chi connectivity index (χ1) is 34.6. The summed E-state index contributed by atoms with van der Waals surface area (Å²) in [6.45, 7) is 67.1. The molecule has 5 aliphatic rings. The quantitative estimate of drug-likeness (QED) is 0.0955. The number of H-pyrrole nitrogens is 2. The van der Waals surface area contributed by atoms with Crippen LogP contribution < -0.4 is 31.4 Å². The lowest BCUT2D eigenvalue weighted by Crippen LogP contribution is -2.30. The first-order valence-corrected chi connectivity index (χ1v) is 27.0. The van der Waals surface area contributed by atoms with Crippen LogP contribution in [0.15, 0.2) is 97.6 Å². The Kier molecular flexibility index (Phi) is 27.0. The van der Waals surface area contributed by atoms with Gasteiger partial charge in [0.1, 0.15) is 39.7 Å². The summed E-state index contributed by atoms with van der Waals surface area (Å²) in [6, 6.07) is 0. The van der Waals surface area contributed by atoms with Gasteiger partial charge in [0.25, 0.3) is 0 Å². The molecule has 77 heavy (non-hydrogen) atoms. The van der Waals surface area contributed by atoms with Crippen molar-refractivity contribution in [3.05, 3.63) is 89.0 Å². The highest BCUT2D eigenvalue weighted by atomic mass is 32.2. The zero-order valence-electron chi connectivity index (χ0n) is 50.9. The van der Waals surface area contributed by atoms with Crippen LogP contribution in [0, 0.1) is 32.5 Å². The topological polar surface area (TPSA) is 263 Å². The standard InChI is InChI=1S/3C7H12N2O.2C7H12N2S.C6H11N3.C6H10N2OS.C6H12O2/c1-5-8-9-6(10-5)7(2,3)4;1-5-8-6(9-10-5)7(2,3)4;1-5-8-6(10-9-5)7(2,3)4;1-5-8-9-6(10-5)7(2,3)4;1-5-8-6(10-9-5)7(2,3)4;1-6(2,3)5-7-4-8-9-5;1-6(2,3)4-7-5(9)10-8-4;1-6(2,3)5(7)8-4/h8H,1H2,2-4H3;1H2,2-4H3,(H,8,9);9H,1H2,2-4H3;8H,1H2,2-4H3;9H,1H2,2-4H3;4H,1-3H3,(H,7,8,9);1-3H3,(H,7,8,9);1-4H3. The van der Waals surface area contributed by atoms with Crippen molar-refractivity contribution in [2.24, 2.45) is 57.7 Å². The fraction of sp³-hybridized carbons (Fsp3) is 0.623.